The van der Waals surface area contributed by atoms with Gasteiger partial charge in [0.2, 0.25) is 11.8 Å². The van der Waals surface area contributed by atoms with Crippen LogP contribution in [0.3, 0.4) is 0 Å². The number of rotatable bonds is 5. The Morgan fingerprint density at radius 3 is 2.28 bits per heavy atom. The van der Waals surface area contributed by atoms with Crippen molar-refractivity contribution in [2.75, 3.05) is 19.1 Å². The Balaban J connectivity index is 1.49. The summed E-state index contributed by atoms with van der Waals surface area (Å²) >= 11 is 0. The molecule has 36 heavy (non-hydrogen) atoms. The minimum atomic E-state index is -0.936. The smallest absolute Gasteiger partial charge is 0.240 e. The van der Waals surface area contributed by atoms with Gasteiger partial charge in [-0.05, 0) is 47.5 Å². The van der Waals surface area contributed by atoms with E-state index < -0.39 is 29.8 Å². The first-order valence-electron chi connectivity index (χ1n) is 11.7. The van der Waals surface area contributed by atoms with Gasteiger partial charge >= 0.3 is 0 Å². The molecule has 0 radical (unpaired) electrons. The number of benzene rings is 3. The van der Waals surface area contributed by atoms with Gasteiger partial charge in [-0.1, -0.05) is 36.4 Å². The van der Waals surface area contributed by atoms with Crippen LogP contribution >= 0.6 is 0 Å². The maximum atomic E-state index is 14.0. The first-order valence-corrected chi connectivity index (χ1v) is 11.7. The third-order valence-corrected chi connectivity index (χ3v) is 7.26. The van der Waals surface area contributed by atoms with E-state index in [-0.39, 0.29) is 11.7 Å². The van der Waals surface area contributed by atoms with Gasteiger partial charge in [-0.25, -0.2) is 4.90 Å². The van der Waals surface area contributed by atoms with Gasteiger partial charge < -0.3 is 9.47 Å². The zero-order valence-electron chi connectivity index (χ0n) is 19.7. The number of carbonyl (C=O) groups excluding carboxylic acids is 3. The van der Waals surface area contributed by atoms with Crippen LogP contribution in [0.1, 0.15) is 27.5 Å². The van der Waals surface area contributed by atoms with Crippen molar-refractivity contribution >= 4 is 29.5 Å². The van der Waals surface area contributed by atoms with Gasteiger partial charge in [-0.15, -0.1) is 0 Å². The highest BCUT2D eigenvalue weighted by atomic mass is 16.5. The van der Waals surface area contributed by atoms with Crippen LogP contribution in [0.15, 0.2) is 77.9 Å². The lowest BCUT2D eigenvalue weighted by atomic mass is 9.83. The quantitative estimate of drug-likeness (QED) is 0.410. The second-order valence-corrected chi connectivity index (χ2v) is 8.97. The molecule has 0 aromatic heterocycles. The molecule has 180 valence electrons. The molecule has 2 fully saturated rings. The summed E-state index contributed by atoms with van der Waals surface area (Å²) in [4.78, 5) is 43.0. The molecule has 2 saturated heterocycles. The van der Waals surface area contributed by atoms with Gasteiger partial charge in [0.15, 0.2) is 5.78 Å². The summed E-state index contributed by atoms with van der Waals surface area (Å²) in [7, 11) is 3.05. The fourth-order valence-corrected chi connectivity index (χ4v) is 5.65. The highest BCUT2D eigenvalue weighted by Crippen LogP contribution is 2.53. The number of nitrogens with zero attached hydrogens (tertiary/aromatic N) is 3. The van der Waals surface area contributed by atoms with Crippen LogP contribution in [-0.4, -0.2) is 49.1 Å². The molecule has 0 unspecified atom stereocenters. The molecule has 8 nitrogen and oxygen atoms in total. The van der Waals surface area contributed by atoms with Crippen molar-refractivity contribution in [3.8, 4) is 11.5 Å². The molecule has 0 aliphatic carbocycles. The number of ether oxygens (including phenoxy) is 2. The molecule has 3 aliphatic rings. The van der Waals surface area contributed by atoms with E-state index in [2.05, 4.69) is 5.10 Å². The number of methoxy groups -OCH3 is 2. The summed E-state index contributed by atoms with van der Waals surface area (Å²) in [5.41, 5.74) is 2.53. The van der Waals surface area contributed by atoms with Crippen LogP contribution < -0.4 is 14.4 Å². The van der Waals surface area contributed by atoms with Gasteiger partial charge in [0, 0.05) is 5.56 Å². The lowest BCUT2D eigenvalue weighted by molar-refractivity contribution is -0.124. The molecule has 3 aromatic rings. The Labute approximate surface area is 207 Å². The third-order valence-electron chi connectivity index (χ3n) is 7.26. The van der Waals surface area contributed by atoms with Crippen molar-refractivity contribution in [2.45, 2.75) is 12.1 Å². The maximum absolute atomic E-state index is 14.0. The molecule has 4 atom stereocenters. The Kier molecular flexibility index (Phi) is 5.10. The van der Waals surface area contributed by atoms with Crippen LogP contribution in [0, 0.1) is 11.8 Å². The zero-order valence-corrected chi connectivity index (χ0v) is 19.7. The lowest BCUT2D eigenvalue weighted by Gasteiger charge is -2.34. The molecule has 0 saturated carbocycles. The fraction of sp³-hybridized carbons (Fsp3) is 0.214. The van der Waals surface area contributed by atoms with Crippen LogP contribution in [0.25, 0.3) is 0 Å². The second kappa shape index (κ2) is 8.34. The number of para-hydroxylation sites is 2. The van der Waals surface area contributed by atoms with E-state index >= 15 is 0 Å². The van der Waals surface area contributed by atoms with E-state index in [0.717, 1.165) is 11.1 Å². The van der Waals surface area contributed by atoms with Crippen molar-refractivity contribution < 1.29 is 23.9 Å². The Bertz CT molecular complexity index is 1420. The predicted octanol–water partition coefficient (Wildman–Crippen LogP) is 3.47. The van der Waals surface area contributed by atoms with E-state index in [1.165, 1.54) is 12.0 Å². The number of anilines is 1. The van der Waals surface area contributed by atoms with E-state index in [4.69, 9.17) is 9.47 Å². The van der Waals surface area contributed by atoms with Crippen LogP contribution in [0.2, 0.25) is 0 Å². The summed E-state index contributed by atoms with van der Waals surface area (Å²) in [5.74, 6) is -1.69. The molecule has 3 heterocycles. The lowest BCUT2D eigenvalue weighted by Crippen LogP contribution is -2.44. The molecule has 0 bridgehead atoms. The summed E-state index contributed by atoms with van der Waals surface area (Å²) in [6.45, 7) is 0. The Morgan fingerprint density at radius 2 is 1.53 bits per heavy atom. The van der Waals surface area contributed by atoms with Gasteiger partial charge in [-0.3, -0.25) is 19.4 Å². The number of imide groups is 1. The Hall–Kier alpha value is -4.46. The SMILES string of the molecule is COc1ccc(C(=O)[C@H]2[C@H]3C(=O)N(c4ccccc4OC)C(=O)[C@H]3[C@H]3c4ccccc4C=NN32)cc1. The number of hydrazone groups is 1. The van der Waals surface area contributed by atoms with E-state index in [1.807, 2.05) is 24.3 Å². The normalized spacial score (nSPS) is 23.8. The van der Waals surface area contributed by atoms with Crippen LogP contribution in [-0.2, 0) is 9.59 Å². The van der Waals surface area contributed by atoms with Gasteiger partial charge in [0.05, 0.1) is 44.0 Å². The first kappa shape index (κ1) is 22.0. The van der Waals surface area contributed by atoms with E-state index in [0.29, 0.717) is 22.7 Å². The molecular weight excluding hydrogens is 458 g/mol. The summed E-state index contributed by atoms with van der Waals surface area (Å²) in [5, 5.41) is 6.24. The number of ketones is 1. The van der Waals surface area contributed by atoms with Gasteiger partial charge in [-0.2, -0.15) is 5.10 Å². The summed E-state index contributed by atoms with van der Waals surface area (Å²) in [6, 6.07) is 19.8. The van der Waals surface area contributed by atoms with Gasteiger partial charge in [0.1, 0.15) is 17.5 Å². The predicted molar refractivity (Wildman–Crippen MR) is 132 cm³/mol. The van der Waals surface area contributed by atoms with Crippen LogP contribution in [0.4, 0.5) is 5.69 Å². The topological polar surface area (TPSA) is 88.5 Å². The number of carbonyl (C=O) groups is 3. The molecule has 0 N–H and O–H groups in total. The molecule has 8 heteroatoms. The first-order chi connectivity index (χ1) is 17.5. The largest absolute Gasteiger partial charge is 0.497 e. The number of Topliss-reactive ketones (excluding diaryl/α,β-unsaturated/α-hetero) is 1. The standard InChI is InChI=1S/C28H23N3O5/c1-35-18-13-11-16(12-14-18)26(32)25-23-22(24-19-8-4-3-7-17(19)15-29-31(24)25)27(33)30(28(23)34)20-9-5-6-10-21(20)36-2/h3-15,22-25H,1-2H3/t22-,23+,24-,25-/m1/s1. The average molecular weight is 482 g/mol. The summed E-state index contributed by atoms with van der Waals surface area (Å²) < 4.78 is 10.7. The Morgan fingerprint density at radius 1 is 0.833 bits per heavy atom. The minimum Gasteiger partial charge on any atom is -0.497 e. The van der Waals surface area contributed by atoms with Gasteiger partial charge in [0.25, 0.3) is 0 Å². The third kappa shape index (κ3) is 3.07. The number of hydrogen-bond acceptors (Lipinski definition) is 7. The zero-order chi connectivity index (χ0) is 25.0. The average Bonchev–Trinajstić information content (AvgIpc) is 3.40. The second-order valence-electron chi connectivity index (χ2n) is 8.97. The van der Waals surface area contributed by atoms with E-state index in [9.17, 15) is 14.4 Å². The van der Waals surface area contributed by atoms with Crippen molar-refractivity contribution in [1.82, 2.24) is 5.01 Å². The fourth-order valence-electron chi connectivity index (χ4n) is 5.65. The molecular formula is C28H23N3O5. The molecule has 0 spiro atoms. The van der Waals surface area contributed by atoms with E-state index in [1.54, 1.807) is 66.9 Å². The van der Waals surface area contributed by atoms with Crippen molar-refractivity contribution in [3.63, 3.8) is 0 Å². The number of hydrogen-bond donors (Lipinski definition) is 0. The molecule has 3 aliphatic heterocycles. The molecule has 6 rings (SSSR count). The molecule has 2 amide bonds. The van der Waals surface area contributed by atoms with Crippen molar-refractivity contribution in [3.05, 3.63) is 89.5 Å². The minimum absolute atomic E-state index is 0.269. The highest BCUT2D eigenvalue weighted by Gasteiger charge is 2.65. The molecule has 3 aromatic carbocycles. The van der Waals surface area contributed by atoms with Crippen molar-refractivity contribution in [1.29, 1.82) is 0 Å². The summed E-state index contributed by atoms with van der Waals surface area (Å²) in [6.07, 6.45) is 1.69. The maximum Gasteiger partial charge on any atom is 0.240 e. The van der Waals surface area contributed by atoms with Crippen molar-refractivity contribution in [2.24, 2.45) is 16.9 Å². The highest BCUT2D eigenvalue weighted by molar-refractivity contribution is 6.25. The van der Waals surface area contributed by atoms with Crippen LogP contribution in [0.5, 0.6) is 11.5 Å². The number of fused-ring (bicyclic) bond motifs is 5. The number of amides is 2. The monoisotopic (exact) mass is 481 g/mol.